The number of likely N-dealkylation sites (N-methyl/N-ethyl adjacent to an activating group) is 1. The molecule has 7 N–H and O–H groups in total. The molecule has 482 valence electrons. The van der Waals surface area contributed by atoms with Crippen molar-refractivity contribution in [2.75, 3.05) is 65.4 Å². The summed E-state index contributed by atoms with van der Waals surface area (Å²) < 4.78 is 24.8. The number of thiazole rings is 1. The van der Waals surface area contributed by atoms with Gasteiger partial charge in [0.05, 0.1) is 48.9 Å². The molecule has 21 nitrogen and oxygen atoms in total. The number of aliphatic hydroxyl groups is 1. The number of fused-ring (bicyclic) bond motifs is 5. The van der Waals surface area contributed by atoms with Crippen LogP contribution in [-0.2, 0) is 43.6 Å². The number of benzene rings is 2. The summed E-state index contributed by atoms with van der Waals surface area (Å²) in [5.41, 5.74) is 0.576. The zero-order valence-electron chi connectivity index (χ0n) is 51.8. The van der Waals surface area contributed by atoms with Crippen molar-refractivity contribution in [2.24, 2.45) is 45.9 Å². The van der Waals surface area contributed by atoms with Crippen molar-refractivity contribution in [2.45, 2.75) is 166 Å². The number of carbonyl (C=O) groups excluding carboxylic acids is 4. The van der Waals surface area contributed by atoms with Crippen LogP contribution in [-0.4, -0.2) is 176 Å². The van der Waals surface area contributed by atoms with Crippen LogP contribution in [0.2, 0.25) is 0 Å². The first-order valence-electron chi connectivity index (χ1n) is 31.4. The van der Waals surface area contributed by atoms with E-state index in [0.717, 1.165) is 32.1 Å². The van der Waals surface area contributed by atoms with Crippen molar-refractivity contribution in [3.05, 3.63) is 44.8 Å². The van der Waals surface area contributed by atoms with E-state index in [0.29, 0.717) is 92.5 Å². The average molecular weight is 1260 g/mol. The number of epoxide rings is 1. The molecule has 6 aliphatic rings. The van der Waals surface area contributed by atoms with E-state index in [1.165, 1.54) is 52.2 Å². The van der Waals surface area contributed by atoms with E-state index in [1.54, 1.807) is 46.0 Å². The number of phenols is 2. The van der Waals surface area contributed by atoms with Crippen LogP contribution in [0, 0.1) is 47.8 Å². The molecule has 1 spiro atoms. The van der Waals surface area contributed by atoms with Crippen molar-refractivity contribution in [1.29, 1.82) is 0 Å². The lowest BCUT2D eigenvalue weighted by Crippen LogP contribution is -2.54. The first-order chi connectivity index (χ1) is 41.8. The Bertz CT molecular complexity index is 3230. The Labute approximate surface area is 523 Å². The normalized spacial score (nSPS) is 26.8. The molecule has 5 fully saturated rings. The lowest BCUT2D eigenvalue weighted by atomic mass is 9.46. The third-order valence-corrected chi connectivity index (χ3v) is 22.7. The molecule has 2 aliphatic heterocycles. The molecular formula is C65H90N6O15S2. The Kier molecular flexibility index (Phi) is 21.3. The predicted molar refractivity (Wildman–Crippen MR) is 335 cm³/mol. The highest BCUT2D eigenvalue weighted by molar-refractivity contribution is 8.15. The molecule has 0 bridgehead atoms. The molecule has 1 saturated heterocycles. The Hall–Kier alpha value is -5.85. The highest BCUT2D eigenvalue weighted by atomic mass is 32.2. The largest absolute Gasteiger partial charge is 0.507 e. The van der Waals surface area contributed by atoms with Gasteiger partial charge in [0.15, 0.2) is 6.04 Å². The number of hydrogen-bond donors (Lipinski definition) is 7. The van der Waals surface area contributed by atoms with E-state index in [4.69, 9.17) is 18.9 Å². The molecule has 88 heavy (non-hydrogen) atoms. The Balaban J connectivity index is 0.670. The number of aromatic hydroxyl groups is 2. The number of hydrogen-bond acceptors (Lipinski definition) is 17. The van der Waals surface area contributed by atoms with Crippen LogP contribution in [0.4, 0.5) is 4.79 Å². The molecule has 23 heteroatoms. The fourth-order valence-corrected chi connectivity index (χ4v) is 17.5. The van der Waals surface area contributed by atoms with Gasteiger partial charge in [-0.3, -0.25) is 19.4 Å². The molecule has 12 unspecified atom stereocenters. The Morgan fingerprint density at radius 3 is 2.40 bits per heavy atom. The van der Waals surface area contributed by atoms with Crippen LogP contribution < -0.4 is 25.8 Å². The number of carboxylic acid groups (broad SMARTS) is 2. The van der Waals surface area contributed by atoms with Crippen molar-refractivity contribution in [3.8, 4) is 17.2 Å². The Morgan fingerprint density at radius 1 is 0.898 bits per heavy atom. The summed E-state index contributed by atoms with van der Waals surface area (Å²) in [4.78, 5) is 88.9. The van der Waals surface area contributed by atoms with Gasteiger partial charge in [-0.05, 0) is 137 Å². The molecule has 4 saturated carbocycles. The number of aliphatic hydroxyl groups excluding tert-OH is 1. The number of phenolic OH excluding ortho intramolecular Hbond substituents is 2. The second-order valence-corrected chi connectivity index (χ2v) is 28.4. The zero-order chi connectivity index (χ0) is 63.4. The third-order valence-electron chi connectivity index (χ3n) is 20.4. The van der Waals surface area contributed by atoms with E-state index in [-0.39, 0.29) is 146 Å². The zero-order valence-corrected chi connectivity index (χ0v) is 53.4. The number of aromatic nitrogens is 1. The fourth-order valence-electron chi connectivity index (χ4n) is 15.4. The minimum absolute atomic E-state index is 0.0513. The monoisotopic (exact) mass is 1260 g/mol. The van der Waals surface area contributed by atoms with Gasteiger partial charge in [0.25, 0.3) is 0 Å². The van der Waals surface area contributed by atoms with Crippen LogP contribution in [0.5, 0.6) is 17.2 Å². The van der Waals surface area contributed by atoms with Gasteiger partial charge < -0.3 is 64.9 Å². The van der Waals surface area contributed by atoms with Gasteiger partial charge in [-0.25, -0.2) is 19.4 Å². The summed E-state index contributed by atoms with van der Waals surface area (Å²) in [5.74, 6) is 0.574. The second kappa shape index (κ2) is 28.1. The third kappa shape index (κ3) is 14.6. The smallest absolute Gasteiger partial charge is 0.415 e. The number of ether oxygens (including phenoxy) is 4. The summed E-state index contributed by atoms with van der Waals surface area (Å²) in [6, 6.07) is 3.10. The van der Waals surface area contributed by atoms with E-state index in [1.807, 2.05) is 0 Å². The van der Waals surface area contributed by atoms with Gasteiger partial charge in [-0.15, -0.1) is 23.1 Å². The summed E-state index contributed by atoms with van der Waals surface area (Å²) in [6.07, 6.45) is 10.4. The van der Waals surface area contributed by atoms with Crippen molar-refractivity contribution < 1.29 is 73.2 Å². The van der Waals surface area contributed by atoms with Gasteiger partial charge >= 0.3 is 18.0 Å². The summed E-state index contributed by atoms with van der Waals surface area (Å²) in [6.45, 7) is 18.8. The number of thioether (sulfide) groups is 1. The van der Waals surface area contributed by atoms with Crippen LogP contribution in [0.15, 0.2) is 23.2 Å². The van der Waals surface area contributed by atoms with Gasteiger partial charge in [-0.2, -0.15) is 0 Å². The molecule has 4 aliphatic carbocycles. The standard InChI is InChI=1S/C65H90N6O15S2/c1-36(44-16-17-45-43-15-13-40-31-41(72)20-22-64(40,7)46(43)33-51-65(44,45)86-51)12-19-53(74)67-48(60(78)79)11-9-10-23-66-52(73)21-27-83-29-30-84-28-26-71(25-24-70(8)54(75)34-63(5,6)55-39(4)56(76)37(2)38(3)57(55)77)62(82)85-42-14-18-47-50(32-42)88-59(68-47)58-69-49(35-87-58)61(80)81/h14,18,32,36,40-41,43-46,48-49,51,72,76-77H,3-4,9-13,15-17,19-31,33-35H2,1-2,5-8H3,(H,66,73)(H,67,74)(H,78,79)(H,80,81). The Morgan fingerprint density at radius 2 is 1.66 bits per heavy atom. The average Bonchev–Trinajstić information content (AvgIpc) is 1.51. The quantitative estimate of drug-likeness (QED) is 0.0212. The van der Waals surface area contributed by atoms with Crippen LogP contribution in [0.25, 0.3) is 23.4 Å². The first-order valence-corrected chi connectivity index (χ1v) is 33.2. The summed E-state index contributed by atoms with van der Waals surface area (Å²) >= 11 is 2.62. The number of nitrogens with zero attached hydrogens (tertiary/aromatic N) is 4. The SMILES string of the molecule is C=c1c(C)c(O)c(=C)c(C(C)(C)CC(=O)N(C)CCN(CCOCCOCCC(=O)NCCCCC(NC(=O)CCC(C)C2CCC3C4CCC5CC(O)CCC5(C)C4CC4OC423)C(=O)O)C(=O)Oc2ccc3nc(C4=NC(C(=O)O)CS4)sc3c2)c1O. The maximum Gasteiger partial charge on any atom is 0.415 e. The molecule has 0 radical (unpaired) electrons. The van der Waals surface area contributed by atoms with Crippen molar-refractivity contribution in [1.82, 2.24) is 25.4 Å². The van der Waals surface area contributed by atoms with Crippen molar-refractivity contribution in [3.63, 3.8) is 0 Å². The molecule has 4 amide bonds. The maximum absolute atomic E-state index is 13.9. The minimum Gasteiger partial charge on any atom is -0.507 e. The van der Waals surface area contributed by atoms with E-state index in [9.17, 15) is 54.3 Å². The highest BCUT2D eigenvalue weighted by Gasteiger charge is 2.75. The van der Waals surface area contributed by atoms with Crippen LogP contribution in [0.3, 0.4) is 0 Å². The van der Waals surface area contributed by atoms with Crippen LogP contribution >= 0.6 is 23.1 Å². The van der Waals surface area contributed by atoms with Gasteiger partial charge in [0, 0.05) is 91.3 Å². The van der Waals surface area contributed by atoms with Gasteiger partial charge in [-0.1, -0.05) is 40.9 Å². The molecular weight excluding hydrogens is 1170 g/mol. The first kappa shape index (κ1) is 66.6. The molecule has 12 atom stereocenters. The molecule has 3 heterocycles. The lowest BCUT2D eigenvalue weighted by Gasteiger charge is -2.58. The number of aliphatic carboxylic acids is 2. The molecule has 9 rings (SSSR count). The predicted octanol–water partition coefficient (Wildman–Crippen LogP) is 6.87. The maximum atomic E-state index is 13.9. The van der Waals surface area contributed by atoms with Crippen LogP contribution in [0.1, 0.15) is 140 Å². The number of amides is 4. The molecule has 3 aromatic rings. The highest BCUT2D eigenvalue weighted by Crippen LogP contribution is 2.72. The van der Waals surface area contributed by atoms with E-state index >= 15 is 0 Å². The van der Waals surface area contributed by atoms with Gasteiger partial charge in [0.2, 0.25) is 17.7 Å². The number of carbonyl (C=O) groups is 6. The number of unbranched alkanes of at least 4 members (excludes halogenated alkanes) is 1. The number of rotatable bonds is 29. The molecule has 1 aromatic heterocycles. The minimum atomic E-state index is -1.08. The number of carboxylic acids is 2. The summed E-state index contributed by atoms with van der Waals surface area (Å²) in [7, 11) is 1.60. The van der Waals surface area contributed by atoms with E-state index in [2.05, 4.69) is 47.6 Å². The van der Waals surface area contributed by atoms with E-state index < -0.39 is 35.5 Å². The topological polar surface area (TPSA) is 300 Å². The van der Waals surface area contributed by atoms with Gasteiger partial charge in [0.1, 0.15) is 38.9 Å². The summed E-state index contributed by atoms with van der Waals surface area (Å²) in [5, 5.41) is 58.8. The lowest BCUT2D eigenvalue weighted by molar-refractivity contribution is -0.142. The fraction of sp³-hybridized carbons (Fsp3) is 0.662. The van der Waals surface area contributed by atoms with Crippen molar-refractivity contribution >= 4 is 87.3 Å². The number of nitrogens with one attached hydrogen (secondary N) is 2. The number of aliphatic imine (C=N–C) groups is 1. The molecule has 2 aromatic carbocycles. The second-order valence-electron chi connectivity index (χ2n) is 26.4.